The molecule has 1 amide bonds. The first-order valence-electron chi connectivity index (χ1n) is 10.7. The predicted molar refractivity (Wildman–Crippen MR) is 138 cm³/mol. The molecule has 0 bridgehead atoms. The molecule has 184 valence electrons. The molecular formula is C26H21Cl2N3O5. The van der Waals surface area contributed by atoms with E-state index >= 15 is 0 Å². The van der Waals surface area contributed by atoms with Crippen LogP contribution >= 0.6 is 23.2 Å². The molecule has 0 atom stereocenters. The number of amides is 1. The quantitative estimate of drug-likeness (QED) is 0.143. The third kappa shape index (κ3) is 6.75. The third-order valence-corrected chi connectivity index (χ3v) is 5.66. The Balaban J connectivity index is 1.82. The van der Waals surface area contributed by atoms with Crippen LogP contribution in [-0.2, 0) is 11.4 Å². The summed E-state index contributed by atoms with van der Waals surface area (Å²) in [4.78, 5) is 23.0. The van der Waals surface area contributed by atoms with E-state index in [1.54, 1.807) is 49.4 Å². The van der Waals surface area contributed by atoms with Crippen molar-refractivity contribution in [3.63, 3.8) is 0 Å². The van der Waals surface area contributed by atoms with Crippen LogP contribution in [-0.4, -0.2) is 17.4 Å². The molecule has 0 fully saturated rings. The van der Waals surface area contributed by atoms with Gasteiger partial charge in [0.05, 0.1) is 16.6 Å². The zero-order valence-corrected chi connectivity index (χ0v) is 20.9. The molecule has 0 unspecified atom stereocenters. The Hall–Kier alpha value is -4.06. The minimum atomic E-state index is -0.606. The molecular weight excluding hydrogens is 505 g/mol. The molecule has 0 aliphatic heterocycles. The SMILES string of the molecule is CCOc1cc(/C=C(/C#N)C(=O)Nc2ccc(C)c(Cl)c2)cc(Cl)c1OCc1ccc([N+](=O)[O-])cc1. The van der Waals surface area contributed by atoms with Gasteiger partial charge in [-0.1, -0.05) is 29.3 Å². The molecule has 10 heteroatoms. The lowest BCUT2D eigenvalue weighted by molar-refractivity contribution is -0.384. The number of nitrogens with one attached hydrogen (secondary N) is 1. The van der Waals surface area contributed by atoms with Gasteiger partial charge >= 0.3 is 0 Å². The molecule has 3 aromatic carbocycles. The van der Waals surface area contributed by atoms with Gasteiger partial charge in [-0.05, 0) is 73.0 Å². The maximum Gasteiger partial charge on any atom is 0.269 e. The number of nitrogens with zero attached hydrogens (tertiary/aromatic N) is 2. The first kappa shape index (κ1) is 26.5. The number of non-ortho nitro benzene ring substituents is 1. The molecule has 1 N–H and O–H groups in total. The van der Waals surface area contributed by atoms with Crippen molar-refractivity contribution in [2.24, 2.45) is 0 Å². The third-order valence-electron chi connectivity index (χ3n) is 4.97. The number of rotatable bonds is 9. The second-order valence-electron chi connectivity index (χ2n) is 7.56. The number of carbonyl (C=O) groups excluding carboxylic acids is 1. The van der Waals surface area contributed by atoms with Gasteiger partial charge in [-0.2, -0.15) is 5.26 Å². The van der Waals surface area contributed by atoms with Crippen molar-refractivity contribution >= 4 is 46.6 Å². The lowest BCUT2D eigenvalue weighted by Gasteiger charge is -2.15. The summed E-state index contributed by atoms with van der Waals surface area (Å²) in [5, 5.41) is 23.7. The zero-order valence-electron chi connectivity index (χ0n) is 19.4. The van der Waals surface area contributed by atoms with Crippen molar-refractivity contribution < 1.29 is 19.2 Å². The Morgan fingerprint density at radius 2 is 1.83 bits per heavy atom. The molecule has 0 saturated carbocycles. The van der Waals surface area contributed by atoms with Crippen LogP contribution in [0.4, 0.5) is 11.4 Å². The van der Waals surface area contributed by atoms with Gasteiger partial charge in [0.15, 0.2) is 11.5 Å². The normalized spacial score (nSPS) is 10.9. The first-order valence-corrected chi connectivity index (χ1v) is 11.5. The molecule has 3 aromatic rings. The van der Waals surface area contributed by atoms with E-state index in [9.17, 15) is 20.2 Å². The number of benzene rings is 3. The number of ether oxygens (including phenoxy) is 2. The van der Waals surface area contributed by atoms with E-state index in [4.69, 9.17) is 32.7 Å². The van der Waals surface area contributed by atoms with Crippen molar-refractivity contribution in [1.29, 1.82) is 5.26 Å². The van der Waals surface area contributed by atoms with Gasteiger partial charge in [-0.25, -0.2) is 0 Å². The van der Waals surface area contributed by atoms with Crippen molar-refractivity contribution in [1.82, 2.24) is 0 Å². The minimum Gasteiger partial charge on any atom is -0.490 e. The average molecular weight is 526 g/mol. The lowest BCUT2D eigenvalue weighted by Crippen LogP contribution is -2.13. The van der Waals surface area contributed by atoms with Crippen LogP contribution < -0.4 is 14.8 Å². The summed E-state index contributed by atoms with van der Waals surface area (Å²) in [6.45, 7) is 4.04. The van der Waals surface area contributed by atoms with Crippen LogP contribution in [0.1, 0.15) is 23.6 Å². The standard InChI is InChI=1S/C26H21Cl2N3O5/c1-3-35-24-12-18(10-19(14-29)26(32)30-20-7-4-16(2)22(27)13-20)11-23(28)25(24)36-15-17-5-8-21(9-6-17)31(33)34/h4-13H,3,15H2,1-2H3,(H,30,32)/b19-10-. The molecule has 0 saturated heterocycles. The topological polar surface area (TPSA) is 114 Å². The van der Waals surface area contributed by atoms with Crippen molar-refractivity contribution in [2.45, 2.75) is 20.5 Å². The molecule has 0 aliphatic carbocycles. The van der Waals surface area contributed by atoms with E-state index in [-0.39, 0.29) is 28.6 Å². The first-order chi connectivity index (χ1) is 17.2. The summed E-state index contributed by atoms with van der Waals surface area (Å²) in [5.41, 5.74) is 2.30. The average Bonchev–Trinajstić information content (AvgIpc) is 2.84. The number of halogens is 2. The van der Waals surface area contributed by atoms with E-state index in [1.807, 2.05) is 13.0 Å². The Morgan fingerprint density at radius 1 is 1.11 bits per heavy atom. The number of nitro benzene ring substituents is 1. The fourth-order valence-corrected chi connectivity index (χ4v) is 3.58. The van der Waals surface area contributed by atoms with Gasteiger partial charge in [-0.15, -0.1) is 0 Å². The van der Waals surface area contributed by atoms with Crippen LogP contribution in [0.5, 0.6) is 11.5 Å². The van der Waals surface area contributed by atoms with E-state index in [1.165, 1.54) is 18.2 Å². The minimum absolute atomic E-state index is 0.0225. The fraction of sp³-hybridized carbons (Fsp3) is 0.154. The molecule has 8 nitrogen and oxygen atoms in total. The number of hydrogen-bond donors (Lipinski definition) is 1. The summed E-state index contributed by atoms with van der Waals surface area (Å²) in [6.07, 6.45) is 1.39. The largest absolute Gasteiger partial charge is 0.490 e. The van der Waals surface area contributed by atoms with E-state index in [0.717, 1.165) is 5.56 Å². The smallest absolute Gasteiger partial charge is 0.269 e. The Labute approximate surface area is 217 Å². The molecule has 0 heterocycles. The highest BCUT2D eigenvalue weighted by Gasteiger charge is 2.16. The van der Waals surface area contributed by atoms with Gasteiger partial charge in [0, 0.05) is 22.8 Å². The molecule has 0 spiro atoms. The maximum atomic E-state index is 12.7. The Kier molecular flexibility index (Phi) is 8.90. The lowest BCUT2D eigenvalue weighted by atomic mass is 10.1. The second-order valence-corrected chi connectivity index (χ2v) is 8.38. The van der Waals surface area contributed by atoms with Gasteiger partial charge in [0.2, 0.25) is 0 Å². The number of nitro groups is 1. The molecule has 3 rings (SSSR count). The number of nitriles is 1. The van der Waals surface area contributed by atoms with Crippen molar-refractivity contribution in [3.8, 4) is 17.6 Å². The van der Waals surface area contributed by atoms with Crippen molar-refractivity contribution in [3.05, 3.63) is 97.0 Å². The highest BCUT2D eigenvalue weighted by Crippen LogP contribution is 2.38. The summed E-state index contributed by atoms with van der Waals surface area (Å²) >= 11 is 12.6. The summed E-state index contributed by atoms with van der Waals surface area (Å²) in [7, 11) is 0. The Morgan fingerprint density at radius 3 is 2.44 bits per heavy atom. The zero-order chi connectivity index (χ0) is 26.2. The van der Waals surface area contributed by atoms with Crippen LogP contribution in [0.3, 0.4) is 0 Å². The second kappa shape index (κ2) is 12.1. The van der Waals surface area contributed by atoms with Gasteiger partial charge in [0.1, 0.15) is 18.2 Å². The van der Waals surface area contributed by atoms with Crippen LogP contribution in [0.25, 0.3) is 6.08 Å². The van der Waals surface area contributed by atoms with Crippen LogP contribution in [0, 0.1) is 28.4 Å². The number of anilines is 1. The van der Waals surface area contributed by atoms with Gasteiger partial charge < -0.3 is 14.8 Å². The molecule has 0 aliphatic rings. The van der Waals surface area contributed by atoms with Crippen LogP contribution in [0.15, 0.2) is 60.2 Å². The highest BCUT2D eigenvalue weighted by molar-refractivity contribution is 6.32. The van der Waals surface area contributed by atoms with E-state index in [0.29, 0.717) is 34.2 Å². The Bertz CT molecular complexity index is 1370. The molecule has 0 radical (unpaired) electrons. The molecule has 0 aromatic heterocycles. The summed E-state index contributed by atoms with van der Waals surface area (Å²) in [6, 6.07) is 16.0. The van der Waals surface area contributed by atoms with E-state index < -0.39 is 10.8 Å². The summed E-state index contributed by atoms with van der Waals surface area (Å²) < 4.78 is 11.5. The van der Waals surface area contributed by atoms with Gasteiger partial charge in [0.25, 0.3) is 11.6 Å². The summed E-state index contributed by atoms with van der Waals surface area (Å²) in [5.74, 6) is -0.0162. The molecule has 36 heavy (non-hydrogen) atoms. The van der Waals surface area contributed by atoms with Crippen molar-refractivity contribution in [2.75, 3.05) is 11.9 Å². The number of aryl methyl sites for hydroxylation is 1. The van der Waals surface area contributed by atoms with Crippen LogP contribution in [0.2, 0.25) is 10.0 Å². The monoisotopic (exact) mass is 525 g/mol. The van der Waals surface area contributed by atoms with E-state index in [2.05, 4.69) is 5.32 Å². The predicted octanol–water partition coefficient (Wildman–Crippen LogP) is 6.73. The highest BCUT2D eigenvalue weighted by atomic mass is 35.5. The van der Waals surface area contributed by atoms with Gasteiger partial charge in [-0.3, -0.25) is 14.9 Å². The number of hydrogen-bond acceptors (Lipinski definition) is 6. The maximum absolute atomic E-state index is 12.7. The number of carbonyl (C=O) groups is 1. The fourth-order valence-electron chi connectivity index (χ4n) is 3.13.